The number of hydrogen-bond acceptors (Lipinski definition) is 5. The first-order chi connectivity index (χ1) is 10.3. The van der Waals surface area contributed by atoms with Crippen molar-refractivity contribution in [2.75, 3.05) is 19.0 Å². The van der Waals surface area contributed by atoms with Gasteiger partial charge in [0, 0.05) is 13.0 Å². The molecule has 5 nitrogen and oxygen atoms in total. The van der Waals surface area contributed by atoms with Gasteiger partial charge in [-0.3, -0.25) is 4.79 Å². The van der Waals surface area contributed by atoms with E-state index in [2.05, 4.69) is 5.32 Å². The lowest BCUT2D eigenvalue weighted by Gasteiger charge is -2.17. The first-order valence-corrected chi connectivity index (χ1v) is 11.5. The number of carbonyl (C=O) groups is 2. The van der Waals surface area contributed by atoms with Crippen LogP contribution in [0.1, 0.15) is 12.5 Å². The Balaban J connectivity index is 2.55. The zero-order chi connectivity index (χ0) is 16.6. The van der Waals surface area contributed by atoms with Gasteiger partial charge in [-0.25, -0.2) is 4.79 Å². The van der Waals surface area contributed by atoms with Gasteiger partial charge >= 0.3 is 5.97 Å². The number of aliphatic carboxylic acids is 1. The molecule has 1 aromatic rings. The maximum Gasteiger partial charge on any atom is 0.326 e. The summed E-state index contributed by atoms with van der Waals surface area (Å²) in [5.41, 5.74) is -1.18. The topological polar surface area (TPSA) is 75.6 Å². The molecule has 0 saturated heterocycles. The van der Waals surface area contributed by atoms with Crippen LogP contribution < -0.4 is 5.32 Å². The summed E-state index contributed by atoms with van der Waals surface area (Å²) in [5.74, 6) is -1.29. The highest BCUT2D eigenvalue weighted by Gasteiger charge is 2.21. The highest BCUT2D eigenvalue weighted by Crippen LogP contribution is 2.56. The lowest BCUT2D eigenvalue weighted by molar-refractivity contribution is -0.141. The summed E-state index contributed by atoms with van der Waals surface area (Å²) < 4.78 is 5.42. The van der Waals surface area contributed by atoms with Crippen LogP contribution in [0.3, 0.4) is 0 Å². The third-order valence-corrected chi connectivity index (χ3v) is 7.67. The highest BCUT2D eigenvalue weighted by molar-refractivity contribution is 8.69. The predicted molar refractivity (Wildman–Crippen MR) is 94.0 cm³/mol. The molecule has 1 rings (SSSR count). The number of nitrogens with one attached hydrogen (secondary N) is 1. The molecule has 0 bridgehead atoms. The molecule has 122 valence electrons. The summed E-state index contributed by atoms with van der Waals surface area (Å²) in [6.45, 7) is 4.17. The van der Waals surface area contributed by atoms with Gasteiger partial charge in [-0.05, 0) is 19.2 Å². The molecule has 0 aliphatic carbocycles. The van der Waals surface area contributed by atoms with Gasteiger partial charge in [0.25, 0.3) is 0 Å². The monoisotopic (exact) mass is 361 g/mol. The highest BCUT2D eigenvalue weighted by atomic mass is 32.9. The van der Waals surface area contributed by atoms with Crippen LogP contribution >= 0.6 is 16.8 Å². The van der Waals surface area contributed by atoms with E-state index >= 15 is 0 Å². The molecule has 0 aliphatic heterocycles. The van der Waals surface area contributed by atoms with E-state index in [0.717, 1.165) is 5.56 Å². The maximum atomic E-state index is 11.9. The minimum Gasteiger partial charge on any atom is -0.480 e. The molecule has 0 spiro atoms. The van der Waals surface area contributed by atoms with Crippen molar-refractivity contribution in [3.8, 4) is 0 Å². The lowest BCUT2D eigenvalue weighted by atomic mass is 10.1. The zero-order valence-corrected chi connectivity index (χ0v) is 15.0. The molecule has 1 aromatic carbocycles. The van der Waals surface area contributed by atoms with E-state index in [0.29, 0.717) is 6.61 Å². The second-order valence-corrected chi connectivity index (χ2v) is 12.6. The number of benzene rings is 1. The molecule has 0 fully saturated rings. The second kappa shape index (κ2) is 9.30. The number of carbonyl (C=O) groups excluding carboxylic acids is 1. The van der Waals surface area contributed by atoms with E-state index in [1.54, 1.807) is 0 Å². The van der Waals surface area contributed by atoms with E-state index in [1.165, 1.54) is 11.4 Å². The van der Waals surface area contributed by atoms with Crippen molar-refractivity contribution in [1.29, 1.82) is 0 Å². The molecule has 1 amide bonds. The minimum atomic E-state index is -2.04. The van der Waals surface area contributed by atoms with Gasteiger partial charge in [-0.1, -0.05) is 53.5 Å². The molecule has 0 radical (unpaired) electrons. The van der Waals surface area contributed by atoms with Crippen molar-refractivity contribution in [2.45, 2.75) is 19.4 Å². The van der Waals surface area contributed by atoms with Crippen LogP contribution in [0.25, 0.3) is 0 Å². The molecule has 0 saturated carbocycles. The van der Waals surface area contributed by atoms with Gasteiger partial charge in [0.05, 0.1) is 5.75 Å². The number of rotatable bonds is 9. The zero-order valence-electron chi connectivity index (χ0n) is 12.5. The SMILES string of the molecule is CCO[P@@](C)(=S)SCC(=O)N[C@@H](Cc1ccccc1)C(=O)O. The number of amides is 1. The van der Waals surface area contributed by atoms with E-state index in [1.807, 2.05) is 43.9 Å². The summed E-state index contributed by atoms with van der Waals surface area (Å²) in [5, 5.41) is 11.8. The number of carboxylic acid groups (broad SMARTS) is 1. The quantitative estimate of drug-likeness (QED) is 0.658. The fourth-order valence-corrected chi connectivity index (χ4v) is 5.10. The molecule has 0 aromatic heterocycles. The molecular weight excluding hydrogens is 341 g/mol. The smallest absolute Gasteiger partial charge is 0.326 e. The Bertz CT molecular complexity index is 553. The van der Waals surface area contributed by atoms with Gasteiger partial charge < -0.3 is 14.9 Å². The Morgan fingerprint density at radius 3 is 2.59 bits per heavy atom. The van der Waals surface area contributed by atoms with E-state index in [9.17, 15) is 14.7 Å². The van der Waals surface area contributed by atoms with E-state index < -0.39 is 17.5 Å². The Morgan fingerprint density at radius 1 is 1.41 bits per heavy atom. The van der Waals surface area contributed by atoms with Gasteiger partial charge in [0.15, 0.2) is 0 Å². The van der Waals surface area contributed by atoms with Crippen LogP contribution in [0.4, 0.5) is 0 Å². The predicted octanol–water partition coefficient (Wildman–Crippen LogP) is 2.51. The van der Waals surface area contributed by atoms with Crippen molar-refractivity contribution < 1.29 is 19.2 Å². The van der Waals surface area contributed by atoms with Crippen LogP contribution in [0.5, 0.6) is 0 Å². The van der Waals surface area contributed by atoms with Crippen LogP contribution in [0, 0.1) is 0 Å². The van der Waals surface area contributed by atoms with Gasteiger partial charge in [-0.15, -0.1) is 0 Å². The third kappa shape index (κ3) is 7.40. The van der Waals surface area contributed by atoms with Crippen LogP contribution in [-0.2, 0) is 32.3 Å². The van der Waals surface area contributed by atoms with Crippen molar-refractivity contribution >= 4 is 40.5 Å². The number of hydrogen-bond donors (Lipinski definition) is 2. The summed E-state index contributed by atoms with van der Waals surface area (Å²) in [6.07, 6.45) is 0.248. The van der Waals surface area contributed by atoms with Crippen molar-refractivity contribution in [2.24, 2.45) is 0 Å². The van der Waals surface area contributed by atoms with Gasteiger partial charge in [0.1, 0.15) is 11.5 Å². The Morgan fingerprint density at radius 2 is 2.05 bits per heavy atom. The average molecular weight is 361 g/mol. The Labute approximate surface area is 139 Å². The number of carboxylic acids is 1. The van der Waals surface area contributed by atoms with E-state index in [4.69, 9.17) is 16.3 Å². The molecule has 22 heavy (non-hydrogen) atoms. The fourth-order valence-electron chi connectivity index (χ4n) is 1.73. The largest absolute Gasteiger partial charge is 0.480 e. The summed E-state index contributed by atoms with van der Waals surface area (Å²) in [4.78, 5) is 23.2. The first kappa shape index (κ1) is 19.2. The standard InChI is InChI=1S/C14H20NO4PS2/c1-3-19-20(2,21)22-10-13(16)15-12(14(17)18)9-11-7-5-4-6-8-11/h4-8,12H,3,9-10H2,1-2H3,(H,15,16)(H,17,18)/t12-,20-/m0/s1. The molecule has 0 aliphatic rings. The van der Waals surface area contributed by atoms with Gasteiger partial charge in [-0.2, -0.15) is 0 Å². The van der Waals surface area contributed by atoms with Crippen LogP contribution in [0.15, 0.2) is 30.3 Å². The molecule has 2 N–H and O–H groups in total. The maximum absolute atomic E-state index is 11.9. The molecule has 2 atom stereocenters. The summed E-state index contributed by atoms with van der Waals surface area (Å²) in [7, 11) is 0. The fraction of sp³-hybridized carbons (Fsp3) is 0.429. The lowest BCUT2D eigenvalue weighted by Crippen LogP contribution is -2.43. The van der Waals surface area contributed by atoms with Crippen LogP contribution in [-0.4, -0.2) is 42.0 Å². The third-order valence-electron chi connectivity index (χ3n) is 2.71. The first-order valence-electron chi connectivity index (χ1n) is 6.76. The molecular formula is C14H20NO4PS2. The second-order valence-electron chi connectivity index (χ2n) is 4.61. The Kier molecular flexibility index (Phi) is 8.10. The average Bonchev–Trinajstić information content (AvgIpc) is 2.45. The van der Waals surface area contributed by atoms with Crippen molar-refractivity contribution in [3.63, 3.8) is 0 Å². The summed E-state index contributed by atoms with van der Waals surface area (Å²) >= 11 is 6.56. The molecule has 0 unspecified atom stereocenters. The summed E-state index contributed by atoms with van der Waals surface area (Å²) in [6, 6.07) is 8.24. The minimum absolute atomic E-state index is 0.104. The van der Waals surface area contributed by atoms with Crippen molar-refractivity contribution in [3.05, 3.63) is 35.9 Å². The van der Waals surface area contributed by atoms with E-state index in [-0.39, 0.29) is 18.1 Å². The molecule has 8 heteroatoms. The van der Waals surface area contributed by atoms with Crippen molar-refractivity contribution in [1.82, 2.24) is 5.32 Å². The van der Waals surface area contributed by atoms with Crippen LogP contribution in [0.2, 0.25) is 0 Å². The normalized spacial score (nSPS) is 14.8. The Hall–Kier alpha value is -0.880. The molecule has 0 heterocycles. The van der Waals surface area contributed by atoms with Gasteiger partial charge in [0.2, 0.25) is 5.91 Å².